The zero-order valence-corrected chi connectivity index (χ0v) is 15.6. The van der Waals surface area contributed by atoms with Crippen molar-refractivity contribution in [1.82, 2.24) is 14.9 Å². The SMILES string of the molecule is CSC(C)CN1CCCCC1c1nc(-c2cscc2C(F)F)c[nH]1. The summed E-state index contributed by atoms with van der Waals surface area (Å²) in [5.74, 6) is 0.907. The molecule has 0 spiro atoms. The fraction of sp³-hybridized carbons (Fsp3) is 0.588. The first-order valence-electron chi connectivity index (χ1n) is 8.27. The number of imidazole rings is 1. The van der Waals surface area contributed by atoms with Gasteiger partial charge >= 0.3 is 0 Å². The lowest BCUT2D eigenvalue weighted by molar-refractivity contribution is 0.145. The van der Waals surface area contributed by atoms with Crippen LogP contribution in [0.15, 0.2) is 17.0 Å². The second-order valence-electron chi connectivity index (χ2n) is 6.27. The lowest BCUT2D eigenvalue weighted by Gasteiger charge is -2.35. The molecule has 0 radical (unpaired) electrons. The molecule has 0 bridgehead atoms. The van der Waals surface area contributed by atoms with E-state index in [1.807, 2.05) is 11.8 Å². The molecule has 1 fully saturated rings. The lowest BCUT2D eigenvalue weighted by atomic mass is 10.0. The fourth-order valence-corrected chi connectivity index (χ4v) is 4.43. The summed E-state index contributed by atoms with van der Waals surface area (Å²) >= 11 is 3.17. The number of thioether (sulfide) groups is 1. The number of thiophene rings is 1. The number of aromatic amines is 1. The van der Waals surface area contributed by atoms with Crippen LogP contribution in [0, 0.1) is 0 Å². The summed E-state index contributed by atoms with van der Waals surface area (Å²) in [7, 11) is 0. The normalized spacial score (nSPS) is 20.6. The predicted molar refractivity (Wildman–Crippen MR) is 98.0 cm³/mol. The molecule has 24 heavy (non-hydrogen) atoms. The number of piperidine rings is 1. The number of alkyl halides is 2. The summed E-state index contributed by atoms with van der Waals surface area (Å²) in [4.78, 5) is 10.4. The van der Waals surface area contributed by atoms with E-state index in [0.717, 1.165) is 25.3 Å². The number of nitrogens with zero attached hydrogens (tertiary/aromatic N) is 2. The topological polar surface area (TPSA) is 31.9 Å². The molecule has 2 atom stereocenters. The van der Waals surface area contributed by atoms with Crippen molar-refractivity contribution in [3.63, 3.8) is 0 Å². The second-order valence-corrected chi connectivity index (χ2v) is 8.29. The average molecular weight is 372 g/mol. The Balaban J connectivity index is 1.81. The minimum Gasteiger partial charge on any atom is -0.347 e. The molecule has 1 saturated heterocycles. The van der Waals surface area contributed by atoms with Gasteiger partial charge in [0.15, 0.2) is 0 Å². The molecular formula is C17H23F2N3S2. The van der Waals surface area contributed by atoms with Crippen LogP contribution in [0.3, 0.4) is 0 Å². The van der Waals surface area contributed by atoms with E-state index in [0.29, 0.717) is 16.5 Å². The zero-order valence-electron chi connectivity index (χ0n) is 14.0. The standard InChI is InChI=1S/C17H23F2N3S2/c1-11(23-2)8-22-6-4-3-5-15(22)17-20-7-14(21-17)12-9-24-10-13(12)16(18)19/h7,9-11,15-16H,3-6,8H2,1-2H3,(H,20,21). The van der Waals surface area contributed by atoms with E-state index in [1.165, 1.54) is 29.6 Å². The number of H-pyrrole nitrogens is 1. The van der Waals surface area contributed by atoms with Crippen LogP contribution >= 0.6 is 23.1 Å². The molecule has 3 nitrogen and oxygen atoms in total. The van der Waals surface area contributed by atoms with Crippen LogP contribution in [0.4, 0.5) is 8.78 Å². The molecule has 0 amide bonds. The highest BCUT2D eigenvalue weighted by molar-refractivity contribution is 7.99. The fourth-order valence-electron chi connectivity index (χ4n) is 3.25. The maximum absolute atomic E-state index is 13.1. The molecule has 1 N–H and O–H groups in total. The van der Waals surface area contributed by atoms with E-state index >= 15 is 0 Å². The van der Waals surface area contributed by atoms with Crippen LogP contribution in [-0.2, 0) is 0 Å². The molecule has 2 aromatic heterocycles. The third kappa shape index (κ3) is 3.83. The van der Waals surface area contributed by atoms with Crippen molar-refractivity contribution in [1.29, 1.82) is 0 Å². The Morgan fingerprint density at radius 2 is 2.25 bits per heavy atom. The van der Waals surface area contributed by atoms with Crippen LogP contribution in [0.25, 0.3) is 11.3 Å². The summed E-state index contributed by atoms with van der Waals surface area (Å²) in [5.41, 5.74) is 1.26. The van der Waals surface area contributed by atoms with Crippen molar-refractivity contribution in [3.05, 3.63) is 28.3 Å². The number of hydrogen-bond donors (Lipinski definition) is 1. The molecule has 7 heteroatoms. The van der Waals surface area contributed by atoms with Gasteiger partial charge in [0.2, 0.25) is 0 Å². The van der Waals surface area contributed by atoms with Crippen LogP contribution in [0.1, 0.15) is 50.0 Å². The zero-order chi connectivity index (χ0) is 17.1. The summed E-state index contributed by atoms with van der Waals surface area (Å²) in [5, 5.41) is 3.85. The molecule has 3 heterocycles. The van der Waals surface area contributed by atoms with Crippen molar-refractivity contribution in [2.45, 2.75) is 43.9 Å². The van der Waals surface area contributed by atoms with Crippen molar-refractivity contribution >= 4 is 23.1 Å². The highest BCUT2D eigenvalue weighted by Crippen LogP contribution is 2.35. The van der Waals surface area contributed by atoms with Crippen molar-refractivity contribution in [3.8, 4) is 11.3 Å². The van der Waals surface area contributed by atoms with Gasteiger partial charge in [0.1, 0.15) is 5.82 Å². The molecule has 1 aliphatic rings. The van der Waals surface area contributed by atoms with Gasteiger partial charge in [0, 0.05) is 39.9 Å². The monoisotopic (exact) mass is 371 g/mol. The van der Waals surface area contributed by atoms with Gasteiger partial charge in [-0.15, -0.1) is 0 Å². The highest BCUT2D eigenvalue weighted by Gasteiger charge is 2.28. The van der Waals surface area contributed by atoms with Gasteiger partial charge in [-0.2, -0.15) is 23.1 Å². The van der Waals surface area contributed by atoms with Gasteiger partial charge in [-0.3, -0.25) is 4.90 Å². The number of rotatable bonds is 6. The average Bonchev–Trinajstić information content (AvgIpc) is 3.24. The predicted octanol–water partition coefficient (Wildman–Crippen LogP) is 5.35. The maximum Gasteiger partial charge on any atom is 0.265 e. The van der Waals surface area contributed by atoms with Crippen LogP contribution < -0.4 is 0 Å². The molecule has 3 rings (SSSR count). The maximum atomic E-state index is 13.1. The molecule has 2 unspecified atom stereocenters. The Kier molecular flexibility index (Phi) is 5.94. The van der Waals surface area contributed by atoms with E-state index in [9.17, 15) is 8.78 Å². The summed E-state index contributed by atoms with van der Waals surface area (Å²) < 4.78 is 26.2. The smallest absolute Gasteiger partial charge is 0.265 e. The number of nitrogens with one attached hydrogen (secondary N) is 1. The Hall–Kier alpha value is -0.920. The Morgan fingerprint density at radius 3 is 3.00 bits per heavy atom. The first-order chi connectivity index (χ1) is 11.6. The van der Waals surface area contributed by atoms with Gasteiger partial charge in [-0.25, -0.2) is 13.8 Å². The van der Waals surface area contributed by atoms with E-state index in [1.54, 1.807) is 11.6 Å². The summed E-state index contributed by atoms with van der Waals surface area (Å²) in [6, 6.07) is 0.260. The molecule has 2 aromatic rings. The van der Waals surface area contributed by atoms with Crippen LogP contribution in [0.5, 0.6) is 0 Å². The molecular weight excluding hydrogens is 348 g/mol. The first kappa shape index (κ1) is 17.9. The van der Waals surface area contributed by atoms with E-state index in [-0.39, 0.29) is 11.6 Å². The highest BCUT2D eigenvalue weighted by atomic mass is 32.2. The van der Waals surface area contributed by atoms with E-state index in [2.05, 4.69) is 28.0 Å². The third-order valence-corrected chi connectivity index (χ3v) is 6.34. The van der Waals surface area contributed by atoms with E-state index < -0.39 is 6.43 Å². The van der Waals surface area contributed by atoms with Crippen molar-refractivity contribution in [2.24, 2.45) is 0 Å². The van der Waals surface area contributed by atoms with Gasteiger partial charge in [0.25, 0.3) is 6.43 Å². The van der Waals surface area contributed by atoms with Gasteiger partial charge < -0.3 is 4.98 Å². The minimum atomic E-state index is -2.46. The van der Waals surface area contributed by atoms with Crippen LogP contribution in [-0.4, -0.2) is 39.5 Å². The van der Waals surface area contributed by atoms with Crippen molar-refractivity contribution in [2.75, 3.05) is 19.3 Å². The number of aromatic nitrogens is 2. The Labute approximate surface area is 149 Å². The third-order valence-electron chi connectivity index (χ3n) is 4.62. The van der Waals surface area contributed by atoms with Crippen molar-refractivity contribution < 1.29 is 8.78 Å². The Morgan fingerprint density at radius 1 is 1.42 bits per heavy atom. The number of hydrogen-bond acceptors (Lipinski definition) is 4. The first-order valence-corrected chi connectivity index (χ1v) is 10.5. The largest absolute Gasteiger partial charge is 0.347 e. The summed E-state index contributed by atoms with van der Waals surface area (Å²) in [6.45, 7) is 4.35. The Bertz CT molecular complexity index is 656. The molecule has 0 aliphatic carbocycles. The second kappa shape index (κ2) is 7.97. The van der Waals surface area contributed by atoms with Gasteiger partial charge in [0.05, 0.1) is 11.7 Å². The number of halogens is 2. The molecule has 1 aliphatic heterocycles. The summed E-state index contributed by atoms with van der Waals surface area (Å²) in [6.07, 6.45) is 4.92. The van der Waals surface area contributed by atoms with Gasteiger partial charge in [-0.1, -0.05) is 13.3 Å². The molecule has 132 valence electrons. The molecule has 0 aromatic carbocycles. The number of likely N-dealkylation sites (tertiary alicyclic amines) is 1. The minimum absolute atomic E-state index is 0.0783. The molecule has 0 saturated carbocycles. The quantitative estimate of drug-likeness (QED) is 0.742. The van der Waals surface area contributed by atoms with Crippen LogP contribution in [0.2, 0.25) is 0 Å². The van der Waals surface area contributed by atoms with Gasteiger partial charge in [-0.05, 0) is 25.6 Å². The van der Waals surface area contributed by atoms with E-state index in [4.69, 9.17) is 0 Å². The lowest BCUT2D eigenvalue weighted by Crippen LogP contribution is -2.37.